The zero-order valence-electron chi connectivity index (χ0n) is 18.4. The van der Waals surface area contributed by atoms with Crippen LogP contribution in [0, 0.1) is 0 Å². The fourth-order valence-corrected chi connectivity index (χ4v) is 2.90. The molecule has 0 bridgehead atoms. The molecule has 1 aliphatic rings. The molecule has 0 amide bonds. The number of aromatic nitrogens is 1. The maximum absolute atomic E-state index is 13.9. The van der Waals surface area contributed by atoms with Crippen LogP contribution in [0.5, 0.6) is 5.75 Å². The summed E-state index contributed by atoms with van der Waals surface area (Å²) in [4.78, 5) is 8.97. The Morgan fingerprint density at radius 2 is 1.83 bits per heavy atom. The van der Waals surface area contributed by atoms with Gasteiger partial charge in [-0.15, -0.1) is 0 Å². The molecule has 1 fully saturated rings. The van der Waals surface area contributed by atoms with E-state index < -0.39 is 19.1 Å². The summed E-state index contributed by atoms with van der Waals surface area (Å²) in [6.45, 7) is 13.9. The Hall–Kier alpha value is -1.51. The predicted octanol–water partition coefficient (Wildman–Crippen LogP) is 3.03. The van der Waals surface area contributed by atoms with Crippen molar-refractivity contribution in [2.75, 3.05) is 57.4 Å². The van der Waals surface area contributed by atoms with Crippen LogP contribution in [-0.2, 0) is 4.74 Å². The number of piperazine rings is 1. The first-order chi connectivity index (χ1) is 13.5. The Morgan fingerprint density at radius 1 is 1.14 bits per heavy atom. The van der Waals surface area contributed by atoms with E-state index in [1.165, 1.54) is 6.20 Å². The Morgan fingerprint density at radius 3 is 2.38 bits per heavy atom. The SMILES string of the molecule is CC(C)OCCN1CCN(c2ccc(OCC(F)(F)CNC(C)(C)C)cn2)CC1. The van der Waals surface area contributed by atoms with Gasteiger partial charge >= 0.3 is 0 Å². The van der Waals surface area contributed by atoms with E-state index in [0.29, 0.717) is 5.75 Å². The predicted molar refractivity (Wildman–Crippen MR) is 112 cm³/mol. The average Bonchev–Trinajstić information content (AvgIpc) is 2.65. The highest BCUT2D eigenvalue weighted by Crippen LogP contribution is 2.20. The van der Waals surface area contributed by atoms with Crippen molar-refractivity contribution in [2.45, 2.75) is 52.2 Å². The summed E-state index contributed by atoms with van der Waals surface area (Å²) in [7, 11) is 0. The molecule has 1 saturated heterocycles. The van der Waals surface area contributed by atoms with Gasteiger partial charge in [0.15, 0.2) is 6.61 Å². The molecule has 0 saturated carbocycles. The number of halogens is 2. The van der Waals surface area contributed by atoms with Gasteiger partial charge in [0.05, 0.1) is 25.5 Å². The molecule has 2 rings (SSSR count). The zero-order valence-corrected chi connectivity index (χ0v) is 18.4. The van der Waals surface area contributed by atoms with Gasteiger partial charge in [-0.2, -0.15) is 0 Å². The standard InChI is InChI=1S/C21H36F2N4O2/c1-17(2)28-13-12-26-8-10-27(11-9-26)19-7-6-18(14-24-19)29-16-21(22,23)15-25-20(3,4)5/h6-7,14,17,25H,8-13,15-16H2,1-5H3. The van der Waals surface area contributed by atoms with Gasteiger partial charge in [-0.05, 0) is 46.8 Å². The monoisotopic (exact) mass is 414 g/mol. The summed E-state index contributed by atoms with van der Waals surface area (Å²) in [6.07, 6.45) is 1.78. The molecule has 29 heavy (non-hydrogen) atoms. The van der Waals surface area contributed by atoms with E-state index in [-0.39, 0.29) is 11.6 Å². The van der Waals surface area contributed by atoms with Gasteiger partial charge in [0.2, 0.25) is 0 Å². The summed E-state index contributed by atoms with van der Waals surface area (Å²) in [6, 6.07) is 3.54. The lowest BCUT2D eigenvalue weighted by Crippen LogP contribution is -2.47. The molecule has 1 aromatic heterocycles. The van der Waals surface area contributed by atoms with Gasteiger partial charge < -0.3 is 19.7 Å². The van der Waals surface area contributed by atoms with E-state index in [2.05, 4.69) is 20.1 Å². The second-order valence-electron chi connectivity index (χ2n) is 8.85. The Labute approximate surface area is 173 Å². The van der Waals surface area contributed by atoms with Crippen LogP contribution in [0.2, 0.25) is 0 Å². The minimum absolute atomic E-state index is 0.260. The molecule has 0 spiro atoms. The van der Waals surface area contributed by atoms with Gasteiger partial charge in [-0.1, -0.05) is 0 Å². The van der Waals surface area contributed by atoms with E-state index >= 15 is 0 Å². The number of anilines is 1. The van der Waals surface area contributed by atoms with Crippen molar-refractivity contribution in [1.82, 2.24) is 15.2 Å². The largest absolute Gasteiger partial charge is 0.486 e. The molecule has 0 aromatic carbocycles. The van der Waals surface area contributed by atoms with E-state index in [0.717, 1.165) is 45.1 Å². The van der Waals surface area contributed by atoms with Crippen molar-refractivity contribution in [3.05, 3.63) is 18.3 Å². The van der Waals surface area contributed by atoms with Crippen LogP contribution in [0.4, 0.5) is 14.6 Å². The third kappa shape index (κ3) is 9.23. The lowest BCUT2D eigenvalue weighted by Gasteiger charge is -2.35. The number of pyridine rings is 1. The maximum Gasteiger partial charge on any atom is 0.293 e. The smallest absolute Gasteiger partial charge is 0.293 e. The number of nitrogens with zero attached hydrogens (tertiary/aromatic N) is 3. The van der Waals surface area contributed by atoms with Crippen LogP contribution in [0.15, 0.2) is 18.3 Å². The van der Waals surface area contributed by atoms with Crippen molar-refractivity contribution < 1.29 is 18.3 Å². The summed E-state index contributed by atoms with van der Waals surface area (Å²) < 4.78 is 38.8. The van der Waals surface area contributed by atoms with Crippen LogP contribution >= 0.6 is 0 Å². The van der Waals surface area contributed by atoms with Gasteiger partial charge in [-0.3, -0.25) is 4.90 Å². The van der Waals surface area contributed by atoms with Crippen LogP contribution in [0.25, 0.3) is 0 Å². The molecular formula is C21H36F2N4O2. The quantitative estimate of drug-likeness (QED) is 0.635. The lowest BCUT2D eigenvalue weighted by molar-refractivity contribution is -0.0429. The van der Waals surface area contributed by atoms with Crippen LogP contribution in [0.3, 0.4) is 0 Å². The highest BCUT2D eigenvalue weighted by Gasteiger charge is 2.31. The molecule has 166 valence electrons. The van der Waals surface area contributed by atoms with E-state index in [9.17, 15) is 8.78 Å². The van der Waals surface area contributed by atoms with Crippen LogP contribution in [0.1, 0.15) is 34.6 Å². The molecular weight excluding hydrogens is 378 g/mol. The van der Waals surface area contributed by atoms with Gasteiger partial charge in [0.1, 0.15) is 11.6 Å². The fourth-order valence-electron chi connectivity index (χ4n) is 2.90. The normalized spacial score (nSPS) is 16.5. The third-order valence-electron chi connectivity index (χ3n) is 4.60. The molecule has 0 aliphatic carbocycles. The summed E-state index contributed by atoms with van der Waals surface area (Å²) in [5, 5.41) is 2.81. The summed E-state index contributed by atoms with van der Waals surface area (Å²) >= 11 is 0. The van der Waals surface area contributed by atoms with Gasteiger partial charge in [-0.25, -0.2) is 13.8 Å². The molecule has 6 nitrogen and oxygen atoms in total. The zero-order chi connectivity index (χ0) is 21.5. The summed E-state index contributed by atoms with van der Waals surface area (Å²) in [5.74, 6) is -1.74. The van der Waals surface area contributed by atoms with Crippen LogP contribution in [-0.4, -0.2) is 79.9 Å². The minimum Gasteiger partial charge on any atom is -0.486 e. The molecule has 2 heterocycles. The Kier molecular flexibility index (Phi) is 8.60. The maximum atomic E-state index is 13.9. The number of ether oxygens (including phenoxy) is 2. The minimum atomic E-state index is -2.94. The first-order valence-electron chi connectivity index (χ1n) is 10.3. The Bertz CT molecular complexity index is 598. The molecule has 0 unspecified atom stereocenters. The second kappa shape index (κ2) is 10.5. The second-order valence-corrected chi connectivity index (χ2v) is 8.85. The molecule has 0 radical (unpaired) electrons. The number of nitrogens with one attached hydrogen (secondary N) is 1. The van der Waals surface area contributed by atoms with Crippen molar-refractivity contribution in [3.8, 4) is 5.75 Å². The van der Waals surface area contributed by atoms with Crippen LogP contribution < -0.4 is 15.0 Å². The molecule has 1 N–H and O–H groups in total. The van der Waals surface area contributed by atoms with Crippen molar-refractivity contribution in [1.29, 1.82) is 0 Å². The van der Waals surface area contributed by atoms with Gasteiger partial charge in [0.25, 0.3) is 5.92 Å². The molecule has 0 atom stereocenters. The van der Waals surface area contributed by atoms with E-state index in [4.69, 9.17) is 9.47 Å². The molecule has 8 heteroatoms. The molecule has 1 aromatic rings. The fraction of sp³-hybridized carbons (Fsp3) is 0.762. The van der Waals surface area contributed by atoms with Crippen molar-refractivity contribution in [3.63, 3.8) is 0 Å². The number of hydrogen-bond acceptors (Lipinski definition) is 6. The third-order valence-corrected chi connectivity index (χ3v) is 4.60. The topological polar surface area (TPSA) is 49.9 Å². The Balaban J connectivity index is 1.75. The lowest BCUT2D eigenvalue weighted by atomic mass is 10.1. The summed E-state index contributed by atoms with van der Waals surface area (Å²) in [5.41, 5.74) is -0.363. The van der Waals surface area contributed by atoms with E-state index in [1.807, 2.05) is 40.7 Å². The van der Waals surface area contributed by atoms with Gasteiger partial charge in [0, 0.05) is 38.3 Å². The van der Waals surface area contributed by atoms with Crippen molar-refractivity contribution in [2.24, 2.45) is 0 Å². The first kappa shape index (κ1) is 23.8. The highest BCUT2D eigenvalue weighted by atomic mass is 19.3. The first-order valence-corrected chi connectivity index (χ1v) is 10.3. The number of alkyl halides is 2. The number of rotatable bonds is 10. The average molecular weight is 415 g/mol. The molecule has 1 aliphatic heterocycles. The highest BCUT2D eigenvalue weighted by molar-refractivity contribution is 5.41. The number of hydrogen-bond donors (Lipinski definition) is 1. The van der Waals surface area contributed by atoms with Crippen molar-refractivity contribution >= 4 is 5.82 Å². The van der Waals surface area contributed by atoms with E-state index in [1.54, 1.807) is 6.07 Å².